The number of para-hydroxylation sites is 1. The topological polar surface area (TPSA) is 56.2 Å². The third kappa shape index (κ3) is 3.62. The van der Waals surface area contributed by atoms with Gasteiger partial charge in [0.25, 0.3) is 5.91 Å². The third-order valence-corrected chi connectivity index (χ3v) is 5.39. The first kappa shape index (κ1) is 18.6. The Bertz CT molecular complexity index is 1010. The van der Waals surface area contributed by atoms with Gasteiger partial charge in [-0.25, -0.2) is 4.68 Å². The summed E-state index contributed by atoms with van der Waals surface area (Å²) in [5, 5.41) is 7.94. The first-order chi connectivity index (χ1) is 13.5. The lowest BCUT2D eigenvalue weighted by atomic mass is 10.0. The molecule has 0 spiro atoms. The van der Waals surface area contributed by atoms with Gasteiger partial charge < -0.3 is 10.1 Å². The summed E-state index contributed by atoms with van der Waals surface area (Å²) >= 11 is 6.54. The number of carbonyl (C=O) groups is 1. The van der Waals surface area contributed by atoms with E-state index in [1.807, 2.05) is 50.2 Å². The molecule has 0 unspecified atom stereocenters. The van der Waals surface area contributed by atoms with Crippen molar-refractivity contribution in [3.63, 3.8) is 0 Å². The lowest BCUT2D eigenvalue weighted by Crippen LogP contribution is -2.32. The van der Waals surface area contributed by atoms with Crippen molar-refractivity contribution in [1.29, 1.82) is 0 Å². The highest BCUT2D eigenvalue weighted by atomic mass is 35.5. The molecule has 1 aliphatic heterocycles. The van der Waals surface area contributed by atoms with Crippen LogP contribution in [0.2, 0.25) is 5.15 Å². The molecule has 6 heteroatoms. The molecule has 0 radical (unpaired) electrons. The normalized spacial score (nSPS) is 15.6. The molecule has 28 heavy (non-hydrogen) atoms. The average molecular weight is 396 g/mol. The predicted octanol–water partition coefficient (Wildman–Crippen LogP) is 4.46. The van der Waals surface area contributed by atoms with Crippen LogP contribution in [0.4, 0.5) is 0 Å². The number of rotatable bonds is 4. The maximum atomic E-state index is 13.0. The van der Waals surface area contributed by atoms with Crippen LogP contribution in [0.1, 0.15) is 45.2 Å². The minimum atomic E-state index is -0.209. The van der Waals surface area contributed by atoms with Crippen LogP contribution in [0, 0.1) is 13.8 Å². The Morgan fingerprint density at radius 3 is 2.75 bits per heavy atom. The van der Waals surface area contributed by atoms with Crippen LogP contribution in [-0.2, 0) is 6.54 Å². The van der Waals surface area contributed by atoms with Crippen LogP contribution in [-0.4, -0.2) is 22.3 Å². The van der Waals surface area contributed by atoms with Crippen LogP contribution in [0.3, 0.4) is 0 Å². The highest BCUT2D eigenvalue weighted by molar-refractivity contribution is 6.33. The van der Waals surface area contributed by atoms with Crippen LogP contribution in [0.25, 0.3) is 0 Å². The molecule has 0 saturated heterocycles. The zero-order valence-electron chi connectivity index (χ0n) is 15.9. The lowest BCUT2D eigenvalue weighted by molar-refractivity contribution is 0.0924. The van der Waals surface area contributed by atoms with Crippen molar-refractivity contribution in [2.24, 2.45) is 0 Å². The van der Waals surface area contributed by atoms with E-state index >= 15 is 0 Å². The number of aryl methyl sites for hydroxylation is 2. The van der Waals surface area contributed by atoms with Crippen LogP contribution in [0.15, 0.2) is 48.5 Å². The first-order valence-electron chi connectivity index (χ1n) is 9.34. The van der Waals surface area contributed by atoms with E-state index in [-0.39, 0.29) is 11.9 Å². The summed E-state index contributed by atoms with van der Waals surface area (Å²) in [4.78, 5) is 13.0. The summed E-state index contributed by atoms with van der Waals surface area (Å²) in [5.41, 5.74) is 4.32. The summed E-state index contributed by atoms with van der Waals surface area (Å²) in [5.74, 6) is 0.608. The van der Waals surface area contributed by atoms with Gasteiger partial charge in [-0.2, -0.15) is 5.10 Å². The van der Waals surface area contributed by atoms with Crippen LogP contribution < -0.4 is 10.1 Å². The van der Waals surface area contributed by atoms with Crippen molar-refractivity contribution < 1.29 is 9.53 Å². The van der Waals surface area contributed by atoms with Gasteiger partial charge in [-0.05, 0) is 25.5 Å². The van der Waals surface area contributed by atoms with E-state index in [1.54, 1.807) is 4.68 Å². The van der Waals surface area contributed by atoms with Crippen LogP contribution >= 0.6 is 11.6 Å². The zero-order chi connectivity index (χ0) is 19.7. The summed E-state index contributed by atoms with van der Waals surface area (Å²) < 4.78 is 7.35. The number of carbonyl (C=O) groups excluding carboxylic acids is 1. The number of benzene rings is 2. The van der Waals surface area contributed by atoms with Crippen molar-refractivity contribution in [3.05, 3.63) is 81.6 Å². The van der Waals surface area contributed by atoms with E-state index in [0.29, 0.717) is 29.6 Å². The largest absolute Gasteiger partial charge is 0.493 e. The Morgan fingerprint density at radius 1 is 1.21 bits per heavy atom. The molecule has 0 fully saturated rings. The fourth-order valence-electron chi connectivity index (χ4n) is 3.50. The van der Waals surface area contributed by atoms with Gasteiger partial charge in [0.2, 0.25) is 0 Å². The predicted molar refractivity (Wildman–Crippen MR) is 109 cm³/mol. The molecule has 0 aliphatic carbocycles. The molecule has 1 atom stereocenters. The Balaban J connectivity index is 1.55. The van der Waals surface area contributed by atoms with E-state index in [4.69, 9.17) is 16.3 Å². The lowest BCUT2D eigenvalue weighted by Gasteiger charge is -2.26. The third-order valence-electron chi connectivity index (χ3n) is 5.01. The quantitative estimate of drug-likeness (QED) is 0.709. The summed E-state index contributed by atoms with van der Waals surface area (Å²) in [7, 11) is 0. The number of hydrogen-bond donors (Lipinski definition) is 1. The number of nitrogens with zero attached hydrogens (tertiary/aromatic N) is 2. The van der Waals surface area contributed by atoms with Crippen molar-refractivity contribution in [1.82, 2.24) is 15.1 Å². The molecule has 4 rings (SSSR count). The van der Waals surface area contributed by atoms with Crippen molar-refractivity contribution in [3.8, 4) is 5.75 Å². The molecule has 1 N–H and O–H groups in total. The number of halogens is 1. The van der Waals surface area contributed by atoms with Crippen molar-refractivity contribution >= 4 is 17.5 Å². The maximum Gasteiger partial charge on any atom is 0.256 e. The molecule has 0 saturated carbocycles. The fraction of sp³-hybridized carbons (Fsp3) is 0.273. The van der Waals surface area contributed by atoms with E-state index < -0.39 is 0 Å². The summed E-state index contributed by atoms with van der Waals surface area (Å²) in [6.45, 7) is 4.95. The second-order valence-corrected chi connectivity index (χ2v) is 7.45. The second kappa shape index (κ2) is 7.68. The number of ether oxygens (including phenoxy) is 1. The SMILES string of the molecule is Cc1ccc(Cn2nc(C)c(C(=O)N[C@H]3CCOc4ccccc43)c2Cl)cc1. The standard InChI is InChI=1S/C22H22ClN3O2/c1-14-7-9-16(10-8-14)13-26-21(23)20(15(2)25-26)22(27)24-18-11-12-28-19-6-4-3-5-17(18)19/h3-10,18H,11-13H2,1-2H3,(H,24,27)/t18-/m0/s1. The Labute approximate surface area is 169 Å². The highest BCUT2D eigenvalue weighted by Gasteiger charge is 2.26. The Morgan fingerprint density at radius 2 is 1.96 bits per heavy atom. The van der Waals surface area contributed by atoms with Gasteiger partial charge in [0, 0.05) is 12.0 Å². The van der Waals surface area contributed by atoms with Gasteiger partial charge in [-0.1, -0.05) is 59.6 Å². The summed E-state index contributed by atoms with van der Waals surface area (Å²) in [6.07, 6.45) is 0.719. The van der Waals surface area contributed by atoms with Crippen molar-refractivity contribution in [2.75, 3.05) is 6.61 Å². The molecule has 1 amide bonds. The van der Waals surface area contributed by atoms with Gasteiger partial charge in [0.1, 0.15) is 10.9 Å². The number of amides is 1. The van der Waals surface area contributed by atoms with Gasteiger partial charge in [0.15, 0.2) is 0 Å². The van der Waals surface area contributed by atoms with Crippen molar-refractivity contribution in [2.45, 2.75) is 32.9 Å². The number of hydrogen-bond acceptors (Lipinski definition) is 3. The molecule has 5 nitrogen and oxygen atoms in total. The average Bonchev–Trinajstić information content (AvgIpc) is 2.97. The highest BCUT2D eigenvalue weighted by Crippen LogP contribution is 2.32. The minimum Gasteiger partial charge on any atom is -0.493 e. The molecule has 1 aliphatic rings. The van der Waals surface area contributed by atoms with E-state index in [9.17, 15) is 4.79 Å². The van der Waals surface area contributed by atoms with Crippen LogP contribution in [0.5, 0.6) is 5.75 Å². The molecule has 1 aromatic heterocycles. The van der Waals surface area contributed by atoms with E-state index in [0.717, 1.165) is 23.3 Å². The molecular weight excluding hydrogens is 374 g/mol. The summed E-state index contributed by atoms with van der Waals surface area (Å²) in [6, 6.07) is 15.9. The smallest absolute Gasteiger partial charge is 0.256 e. The van der Waals surface area contributed by atoms with E-state index in [2.05, 4.69) is 22.5 Å². The molecule has 3 aromatic rings. The molecule has 144 valence electrons. The second-order valence-electron chi connectivity index (χ2n) is 7.10. The number of nitrogens with one attached hydrogen (secondary N) is 1. The molecule has 2 aromatic carbocycles. The monoisotopic (exact) mass is 395 g/mol. The number of aromatic nitrogens is 2. The fourth-order valence-corrected chi connectivity index (χ4v) is 3.83. The zero-order valence-corrected chi connectivity index (χ0v) is 16.7. The Hall–Kier alpha value is -2.79. The first-order valence-corrected chi connectivity index (χ1v) is 9.72. The maximum absolute atomic E-state index is 13.0. The van der Waals surface area contributed by atoms with Gasteiger partial charge >= 0.3 is 0 Å². The van der Waals surface area contributed by atoms with E-state index in [1.165, 1.54) is 5.56 Å². The minimum absolute atomic E-state index is 0.103. The Kier molecular flexibility index (Phi) is 5.09. The molecule has 2 heterocycles. The molecular formula is C22H22ClN3O2. The van der Waals surface area contributed by atoms with Gasteiger partial charge in [-0.3, -0.25) is 4.79 Å². The van der Waals surface area contributed by atoms with Gasteiger partial charge in [0.05, 0.1) is 30.5 Å². The van der Waals surface area contributed by atoms with Gasteiger partial charge in [-0.15, -0.1) is 0 Å². The molecule has 0 bridgehead atoms. The number of fused-ring (bicyclic) bond motifs is 1.